The minimum atomic E-state index is -3.69. The second kappa shape index (κ2) is 7.41. The van der Waals surface area contributed by atoms with Gasteiger partial charge in [-0.1, -0.05) is 18.6 Å². The van der Waals surface area contributed by atoms with Gasteiger partial charge in [0.1, 0.15) is 5.54 Å². The number of amides is 3. The molecular weight excluding hydrogens is 394 g/mol. The summed E-state index contributed by atoms with van der Waals surface area (Å²) in [6.07, 6.45) is 8.98. The van der Waals surface area contributed by atoms with Crippen LogP contribution in [0.5, 0.6) is 0 Å². The van der Waals surface area contributed by atoms with Gasteiger partial charge >= 0.3 is 0 Å². The third-order valence-electron chi connectivity index (χ3n) is 6.74. The summed E-state index contributed by atoms with van der Waals surface area (Å²) in [7, 11) is -1.92. The first-order valence-electron chi connectivity index (χ1n) is 10.5. The topological polar surface area (TPSA) is 113 Å². The molecule has 3 aliphatic carbocycles. The maximum atomic E-state index is 13.1. The van der Waals surface area contributed by atoms with Gasteiger partial charge in [0, 0.05) is 31.3 Å². The number of rotatable bonds is 3. The predicted octanol–water partition coefficient (Wildman–Crippen LogP) is 0.694. The molecule has 8 nitrogen and oxygen atoms in total. The molecular formula is C20H29N3O5S. The lowest BCUT2D eigenvalue weighted by atomic mass is 9.93. The average molecular weight is 424 g/mol. The van der Waals surface area contributed by atoms with Crippen LogP contribution in [0.4, 0.5) is 0 Å². The van der Waals surface area contributed by atoms with Crippen LogP contribution in [0.2, 0.25) is 0 Å². The van der Waals surface area contributed by atoms with Crippen molar-refractivity contribution < 1.29 is 22.8 Å². The van der Waals surface area contributed by atoms with Gasteiger partial charge in [-0.3, -0.25) is 19.1 Å². The van der Waals surface area contributed by atoms with Crippen molar-refractivity contribution in [3.05, 3.63) is 12.2 Å². The van der Waals surface area contributed by atoms with E-state index < -0.39 is 32.6 Å². The molecule has 4 aliphatic rings. The summed E-state index contributed by atoms with van der Waals surface area (Å²) < 4.78 is 26.7. The highest BCUT2D eigenvalue weighted by atomic mass is 32.2. The van der Waals surface area contributed by atoms with Crippen LogP contribution in [0.1, 0.15) is 51.4 Å². The van der Waals surface area contributed by atoms with E-state index in [4.69, 9.17) is 0 Å². The fourth-order valence-electron chi connectivity index (χ4n) is 4.65. The molecule has 3 amide bonds. The fraction of sp³-hybridized carbons (Fsp3) is 0.750. The summed E-state index contributed by atoms with van der Waals surface area (Å²) >= 11 is 0. The molecule has 0 aromatic rings. The summed E-state index contributed by atoms with van der Waals surface area (Å²) in [5.74, 6) is -2.06. The van der Waals surface area contributed by atoms with Crippen molar-refractivity contribution in [3.8, 4) is 0 Å². The molecule has 0 bridgehead atoms. The number of hydrogen-bond donors (Lipinski definition) is 2. The maximum absolute atomic E-state index is 13.1. The molecule has 0 saturated heterocycles. The van der Waals surface area contributed by atoms with Gasteiger partial charge in [0.25, 0.3) is 5.91 Å². The smallest absolute Gasteiger partial charge is 0.259 e. The van der Waals surface area contributed by atoms with E-state index in [1.165, 1.54) is 0 Å². The van der Waals surface area contributed by atoms with Crippen LogP contribution in [0.15, 0.2) is 12.2 Å². The molecule has 3 saturated carbocycles. The lowest BCUT2D eigenvalue weighted by Crippen LogP contribution is -2.54. The van der Waals surface area contributed by atoms with Gasteiger partial charge < -0.3 is 10.2 Å². The number of fused-ring (bicyclic) bond motifs is 2. The number of nitrogens with one attached hydrogen (secondary N) is 2. The Kier molecular flexibility index (Phi) is 5.21. The third kappa shape index (κ3) is 3.93. The molecule has 0 radical (unpaired) electrons. The van der Waals surface area contributed by atoms with E-state index in [0.29, 0.717) is 38.6 Å². The van der Waals surface area contributed by atoms with E-state index in [1.54, 1.807) is 11.9 Å². The first-order valence-corrected chi connectivity index (χ1v) is 12.1. The summed E-state index contributed by atoms with van der Waals surface area (Å²) in [5.41, 5.74) is -1.23. The van der Waals surface area contributed by atoms with Crippen molar-refractivity contribution >= 4 is 27.7 Å². The molecule has 4 atom stereocenters. The van der Waals surface area contributed by atoms with E-state index in [1.807, 2.05) is 12.2 Å². The standard InChI is InChI=1S/C20H29N3O5S/c1-23-11-4-2-3-6-13-12-20(13,19(26)22-29(27,28)14-9-10-14)21-17(24)15-7-5-8-16(15)18(23)25/h3,6,13-16H,2,4-5,7-12H2,1H3,(H,21,24)(H,22,26)/b6-3-/t13-,15-,16-,20-/m1/s1. The highest BCUT2D eigenvalue weighted by Gasteiger charge is 2.61. The monoisotopic (exact) mass is 423 g/mol. The second-order valence-electron chi connectivity index (χ2n) is 8.92. The summed E-state index contributed by atoms with van der Waals surface area (Å²) in [5, 5.41) is 2.35. The van der Waals surface area contributed by atoms with Crippen LogP contribution >= 0.6 is 0 Å². The number of allylic oxidation sites excluding steroid dienone is 1. The SMILES string of the molecule is CN1CCC/C=C\[C@@H]2C[C@@]2(C(=O)NS(=O)(=O)C2CC2)NC(=O)[C@@H]2CCC[C@H]2C1=O. The molecule has 3 fully saturated rings. The van der Waals surface area contributed by atoms with Gasteiger partial charge in [-0.05, 0) is 44.9 Å². The summed E-state index contributed by atoms with van der Waals surface area (Å²) in [6, 6.07) is 0. The van der Waals surface area contributed by atoms with Crippen molar-refractivity contribution in [1.82, 2.24) is 14.9 Å². The van der Waals surface area contributed by atoms with E-state index in [0.717, 1.165) is 19.3 Å². The molecule has 160 valence electrons. The Labute approximate surface area is 171 Å². The Morgan fingerprint density at radius 2 is 1.90 bits per heavy atom. The summed E-state index contributed by atoms with van der Waals surface area (Å²) in [4.78, 5) is 40.5. The Morgan fingerprint density at radius 3 is 2.62 bits per heavy atom. The van der Waals surface area contributed by atoms with Gasteiger partial charge in [0.15, 0.2) is 0 Å². The minimum absolute atomic E-state index is 0.0203. The number of hydrogen-bond acceptors (Lipinski definition) is 5. The highest BCUT2D eigenvalue weighted by Crippen LogP contribution is 2.46. The van der Waals surface area contributed by atoms with Crippen LogP contribution < -0.4 is 10.0 Å². The number of carbonyl (C=O) groups is 3. The van der Waals surface area contributed by atoms with Crippen LogP contribution in [-0.4, -0.2) is 55.4 Å². The van der Waals surface area contributed by atoms with Crippen LogP contribution in [-0.2, 0) is 24.4 Å². The second-order valence-corrected chi connectivity index (χ2v) is 10.9. The van der Waals surface area contributed by atoms with Crippen molar-refractivity contribution in [2.75, 3.05) is 13.6 Å². The Bertz CT molecular complexity index is 850. The van der Waals surface area contributed by atoms with Gasteiger partial charge in [-0.25, -0.2) is 8.42 Å². The van der Waals surface area contributed by atoms with Gasteiger partial charge in [-0.15, -0.1) is 0 Å². The third-order valence-corrected chi connectivity index (χ3v) is 8.56. The fourth-order valence-corrected chi connectivity index (χ4v) is 6.01. The largest absolute Gasteiger partial charge is 0.345 e. The average Bonchev–Trinajstić information content (AvgIpc) is 3.57. The van der Waals surface area contributed by atoms with Crippen LogP contribution in [0.25, 0.3) is 0 Å². The van der Waals surface area contributed by atoms with Crippen molar-refractivity contribution in [1.29, 1.82) is 0 Å². The van der Waals surface area contributed by atoms with Crippen molar-refractivity contribution in [2.45, 2.75) is 62.2 Å². The lowest BCUT2D eigenvalue weighted by molar-refractivity contribution is -0.140. The van der Waals surface area contributed by atoms with Gasteiger partial charge in [-0.2, -0.15) is 0 Å². The first kappa shape index (κ1) is 20.4. The summed E-state index contributed by atoms with van der Waals surface area (Å²) in [6.45, 7) is 0.629. The Balaban J connectivity index is 1.57. The number of nitrogens with zero attached hydrogens (tertiary/aromatic N) is 1. The minimum Gasteiger partial charge on any atom is -0.345 e. The molecule has 1 aliphatic heterocycles. The maximum Gasteiger partial charge on any atom is 0.259 e. The zero-order valence-electron chi connectivity index (χ0n) is 16.7. The van der Waals surface area contributed by atoms with Crippen LogP contribution in [0, 0.1) is 17.8 Å². The zero-order valence-corrected chi connectivity index (χ0v) is 17.5. The van der Waals surface area contributed by atoms with Gasteiger partial charge in [0.2, 0.25) is 21.8 Å². The van der Waals surface area contributed by atoms with E-state index >= 15 is 0 Å². The molecule has 1 heterocycles. The zero-order chi connectivity index (χ0) is 20.8. The Hall–Kier alpha value is -1.90. The molecule has 0 aromatic heterocycles. The first-order chi connectivity index (χ1) is 13.7. The quantitative estimate of drug-likeness (QED) is 0.649. The molecule has 29 heavy (non-hydrogen) atoms. The number of carbonyl (C=O) groups excluding carboxylic acids is 3. The van der Waals surface area contributed by atoms with Crippen molar-refractivity contribution in [2.24, 2.45) is 17.8 Å². The highest BCUT2D eigenvalue weighted by molar-refractivity contribution is 7.91. The molecule has 2 N–H and O–H groups in total. The van der Waals surface area contributed by atoms with Crippen molar-refractivity contribution in [3.63, 3.8) is 0 Å². The van der Waals surface area contributed by atoms with E-state index in [-0.39, 0.29) is 23.7 Å². The molecule has 4 rings (SSSR count). The lowest BCUT2D eigenvalue weighted by Gasteiger charge is -2.26. The Morgan fingerprint density at radius 1 is 1.17 bits per heavy atom. The normalized spacial score (nSPS) is 36.6. The molecule has 0 aromatic carbocycles. The van der Waals surface area contributed by atoms with E-state index in [2.05, 4.69) is 10.0 Å². The van der Waals surface area contributed by atoms with E-state index in [9.17, 15) is 22.8 Å². The van der Waals surface area contributed by atoms with Gasteiger partial charge in [0.05, 0.1) is 5.25 Å². The van der Waals surface area contributed by atoms with Crippen LogP contribution in [0.3, 0.4) is 0 Å². The molecule has 0 spiro atoms. The molecule has 9 heteroatoms. The molecule has 0 unspecified atom stereocenters. The predicted molar refractivity (Wildman–Crippen MR) is 106 cm³/mol. The number of sulfonamides is 1.